The number of para-hydroxylation sites is 1. The first-order valence-electron chi connectivity index (χ1n) is 17.5. The summed E-state index contributed by atoms with van der Waals surface area (Å²) >= 11 is 8.44. The smallest absolute Gasteiger partial charge is 0.305 e. The van der Waals surface area contributed by atoms with Gasteiger partial charge in [-0.25, -0.2) is 0 Å². The Morgan fingerprint density at radius 1 is 0.981 bits per heavy atom. The standard InChI is InChI=1S/C34H49N9O9S2/c1-2-26(44)42-31(49)23(17-53)41-32(50)24-9-6-12-43(24)34(52)22(13-18-15-37-20-8-4-3-7-19(18)20)40-30(48)21(14-28(46)47)39-27(45)16-38-33(51)29(36)25(54)10-5-11-35/h3-4,7-8,15,21-25,29,37,53-54H,2,5-6,9-14,16-17,35-36H2,1H3,(H,38,51)(H,39,45)(H,40,48)(H,41,50)(H,46,47)(H,42,44,49)/t21-,22-,23-,24-,25?,29-/m0/s1. The second kappa shape index (κ2) is 21.3. The van der Waals surface area contributed by atoms with Crippen LogP contribution in [0.3, 0.4) is 0 Å². The summed E-state index contributed by atoms with van der Waals surface area (Å²) in [6.07, 6.45) is 2.43. The van der Waals surface area contributed by atoms with Crippen molar-refractivity contribution in [1.29, 1.82) is 0 Å². The van der Waals surface area contributed by atoms with Crippen LogP contribution in [0.25, 0.3) is 10.9 Å². The van der Waals surface area contributed by atoms with E-state index in [1.165, 1.54) is 4.90 Å². The van der Waals surface area contributed by atoms with Gasteiger partial charge in [-0.05, 0) is 43.9 Å². The average molecular weight is 792 g/mol. The number of carbonyl (C=O) groups excluding carboxylic acids is 7. The van der Waals surface area contributed by atoms with E-state index in [1.807, 2.05) is 18.2 Å². The zero-order valence-electron chi connectivity index (χ0n) is 29.8. The van der Waals surface area contributed by atoms with E-state index in [0.717, 1.165) is 10.9 Å². The predicted octanol–water partition coefficient (Wildman–Crippen LogP) is -1.91. The molecule has 20 heteroatoms. The van der Waals surface area contributed by atoms with Crippen LogP contribution in [0, 0.1) is 0 Å². The number of carboxylic acids is 1. The lowest BCUT2D eigenvalue weighted by Crippen LogP contribution is -2.59. The molecule has 2 heterocycles. The van der Waals surface area contributed by atoms with E-state index >= 15 is 0 Å². The van der Waals surface area contributed by atoms with Gasteiger partial charge in [0.25, 0.3) is 0 Å². The van der Waals surface area contributed by atoms with Gasteiger partial charge in [-0.3, -0.25) is 43.7 Å². The highest BCUT2D eigenvalue weighted by Gasteiger charge is 2.40. The van der Waals surface area contributed by atoms with Gasteiger partial charge in [0.1, 0.15) is 24.2 Å². The lowest BCUT2D eigenvalue weighted by molar-refractivity contribution is -0.143. The zero-order chi connectivity index (χ0) is 39.9. The first-order valence-corrected chi connectivity index (χ1v) is 18.7. The number of likely N-dealkylation sites (tertiary alicyclic amines) is 1. The number of hydrogen-bond donors (Lipinski definition) is 11. The Hall–Kier alpha value is -4.66. The molecule has 1 aromatic heterocycles. The SMILES string of the molecule is CCC(=O)NC(=O)[C@H](CS)NC(=O)[C@@H]1CCCN1C(=O)[C@H](Cc1c[nH]c2ccccc12)NC(=O)[C@H](CC(=O)O)NC(=O)CNC(=O)[C@@H](N)C(S)CCCN. The molecule has 0 radical (unpaired) electrons. The number of aromatic amines is 1. The number of thiol groups is 2. The number of carboxylic acid groups (broad SMARTS) is 1. The predicted molar refractivity (Wildman–Crippen MR) is 204 cm³/mol. The van der Waals surface area contributed by atoms with Crippen molar-refractivity contribution in [2.75, 3.05) is 25.4 Å². The molecule has 296 valence electrons. The van der Waals surface area contributed by atoms with Crippen molar-refractivity contribution in [3.05, 3.63) is 36.0 Å². The first kappa shape index (κ1) is 43.7. The third-order valence-electron chi connectivity index (χ3n) is 8.83. The second-order valence-corrected chi connectivity index (χ2v) is 13.8. The highest BCUT2D eigenvalue weighted by Crippen LogP contribution is 2.23. The fourth-order valence-electron chi connectivity index (χ4n) is 5.87. The van der Waals surface area contributed by atoms with Crippen molar-refractivity contribution >= 4 is 83.5 Å². The Kier molecular flexibility index (Phi) is 17.2. The van der Waals surface area contributed by atoms with Crippen LogP contribution in [0.2, 0.25) is 0 Å². The number of imide groups is 1. The molecular weight excluding hydrogens is 743 g/mol. The number of nitrogens with one attached hydrogen (secondary N) is 6. The monoisotopic (exact) mass is 791 g/mol. The number of carbonyl (C=O) groups is 8. The third kappa shape index (κ3) is 12.5. The molecule has 1 fully saturated rings. The average Bonchev–Trinajstić information content (AvgIpc) is 3.81. The molecule has 0 saturated carbocycles. The van der Waals surface area contributed by atoms with Crippen LogP contribution >= 0.6 is 25.3 Å². The molecule has 7 amide bonds. The minimum Gasteiger partial charge on any atom is -0.481 e. The van der Waals surface area contributed by atoms with Crippen LogP contribution in [0.4, 0.5) is 0 Å². The molecule has 11 N–H and O–H groups in total. The molecule has 0 aliphatic carbocycles. The van der Waals surface area contributed by atoms with Crippen LogP contribution in [0.15, 0.2) is 30.5 Å². The molecule has 1 unspecified atom stereocenters. The maximum Gasteiger partial charge on any atom is 0.305 e. The summed E-state index contributed by atoms with van der Waals surface area (Å²) in [5, 5.41) is 21.8. The minimum absolute atomic E-state index is 0.0441. The molecule has 18 nitrogen and oxygen atoms in total. The number of H-pyrrole nitrogens is 1. The molecule has 54 heavy (non-hydrogen) atoms. The molecule has 6 atom stereocenters. The van der Waals surface area contributed by atoms with Gasteiger partial charge in [0, 0.05) is 47.5 Å². The van der Waals surface area contributed by atoms with Crippen molar-refractivity contribution in [2.45, 2.75) is 87.3 Å². The molecule has 1 aromatic carbocycles. The largest absolute Gasteiger partial charge is 0.481 e. The van der Waals surface area contributed by atoms with Crippen LogP contribution in [-0.2, 0) is 44.8 Å². The summed E-state index contributed by atoms with van der Waals surface area (Å²) in [5.74, 6) is -6.79. The fourth-order valence-corrected chi connectivity index (χ4v) is 6.44. The van der Waals surface area contributed by atoms with Gasteiger partial charge in [-0.1, -0.05) is 25.1 Å². The summed E-state index contributed by atoms with van der Waals surface area (Å²) in [5.41, 5.74) is 12.8. The second-order valence-electron chi connectivity index (χ2n) is 12.8. The Bertz CT molecular complexity index is 1690. The number of amides is 7. The highest BCUT2D eigenvalue weighted by molar-refractivity contribution is 7.81. The van der Waals surface area contributed by atoms with Crippen LogP contribution in [0.1, 0.15) is 51.0 Å². The van der Waals surface area contributed by atoms with Gasteiger partial charge >= 0.3 is 5.97 Å². The number of rotatable bonds is 20. The number of nitrogens with zero attached hydrogens (tertiary/aromatic N) is 1. The van der Waals surface area contributed by atoms with Crippen molar-refractivity contribution in [3.8, 4) is 0 Å². The lowest BCUT2D eigenvalue weighted by atomic mass is 10.0. The summed E-state index contributed by atoms with van der Waals surface area (Å²) in [4.78, 5) is 107. The molecule has 0 bridgehead atoms. The number of fused-ring (bicyclic) bond motifs is 1. The number of aromatic nitrogens is 1. The lowest BCUT2D eigenvalue weighted by Gasteiger charge is -2.30. The topological polar surface area (TPSA) is 288 Å². The molecule has 3 rings (SSSR count). The third-order valence-corrected chi connectivity index (χ3v) is 9.77. The van der Waals surface area contributed by atoms with Gasteiger partial charge in [0.05, 0.1) is 19.0 Å². The van der Waals surface area contributed by atoms with Gasteiger partial charge in [0.15, 0.2) is 0 Å². The Morgan fingerprint density at radius 3 is 2.37 bits per heavy atom. The van der Waals surface area contributed by atoms with Crippen LogP contribution in [0.5, 0.6) is 0 Å². The number of benzene rings is 1. The number of hydrogen-bond acceptors (Lipinski definition) is 12. The van der Waals surface area contributed by atoms with E-state index in [0.29, 0.717) is 31.4 Å². The summed E-state index contributed by atoms with van der Waals surface area (Å²) < 4.78 is 0. The number of aliphatic carboxylic acids is 1. The first-order chi connectivity index (χ1) is 25.7. The van der Waals surface area contributed by atoms with Gasteiger partial charge < -0.3 is 47.7 Å². The highest BCUT2D eigenvalue weighted by atomic mass is 32.1. The van der Waals surface area contributed by atoms with Crippen molar-refractivity contribution in [3.63, 3.8) is 0 Å². The summed E-state index contributed by atoms with van der Waals surface area (Å²) in [7, 11) is 0. The molecule has 2 aromatic rings. The van der Waals surface area contributed by atoms with Crippen molar-refractivity contribution < 1.29 is 43.5 Å². The van der Waals surface area contributed by atoms with E-state index in [1.54, 1.807) is 19.2 Å². The quantitative estimate of drug-likeness (QED) is 0.0659. The molecule has 1 aliphatic heterocycles. The Balaban J connectivity index is 1.81. The Labute approximate surface area is 322 Å². The summed E-state index contributed by atoms with van der Waals surface area (Å²) in [6.45, 7) is 1.43. The molecule has 1 saturated heterocycles. The fraction of sp³-hybridized carbons (Fsp3) is 0.529. The Morgan fingerprint density at radius 2 is 1.70 bits per heavy atom. The van der Waals surface area contributed by atoms with Crippen molar-refractivity contribution in [2.24, 2.45) is 11.5 Å². The van der Waals surface area contributed by atoms with Crippen LogP contribution < -0.4 is 38.1 Å². The molecule has 1 aliphatic rings. The normalized spacial score (nSPS) is 16.7. The van der Waals surface area contributed by atoms with E-state index in [4.69, 9.17) is 11.5 Å². The van der Waals surface area contributed by atoms with Gasteiger partial charge in [-0.15, -0.1) is 0 Å². The number of nitrogens with two attached hydrogens (primary N) is 2. The zero-order valence-corrected chi connectivity index (χ0v) is 31.6. The van der Waals surface area contributed by atoms with Crippen LogP contribution in [-0.4, -0.2) is 123 Å². The van der Waals surface area contributed by atoms with Crippen molar-refractivity contribution in [1.82, 2.24) is 36.5 Å². The van der Waals surface area contributed by atoms with Gasteiger partial charge in [0.2, 0.25) is 41.4 Å². The van der Waals surface area contributed by atoms with Gasteiger partial charge in [-0.2, -0.15) is 25.3 Å². The maximum atomic E-state index is 14.3. The van der Waals surface area contributed by atoms with E-state index in [9.17, 15) is 43.5 Å². The maximum absolute atomic E-state index is 14.3. The van der Waals surface area contributed by atoms with E-state index < -0.39 is 95.7 Å². The molecular formula is C34H49N9O9S2. The minimum atomic E-state index is -1.67. The van der Waals surface area contributed by atoms with E-state index in [2.05, 4.69) is 56.8 Å². The van der Waals surface area contributed by atoms with E-state index in [-0.39, 0.29) is 31.6 Å². The summed E-state index contributed by atoms with van der Waals surface area (Å²) in [6, 6.07) is 0.929. The molecule has 0 spiro atoms.